The van der Waals surface area contributed by atoms with E-state index in [0.29, 0.717) is 0 Å². The smallest absolute Gasteiger partial charge is 0.264 e. The molecule has 0 atom stereocenters. The van der Waals surface area contributed by atoms with E-state index in [9.17, 15) is 0 Å². The highest BCUT2D eigenvalue weighted by Crippen LogP contribution is 2.60. The summed E-state index contributed by atoms with van der Waals surface area (Å²) >= 11 is 4.26. The second-order valence-corrected chi connectivity index (χ2v) is 44.2. The third kappa shape index (κ3) is 12.3. The first-order chi connectivity index (χ1) is 53.7. The topological polar surface area (TPSA) is 13.0 Å². The minimum Gasteiger partial charge on any atom is -0.311 e. The molecular weight excluding hydrogens is 1410 g/mol. The van der Waals surface area contributed by atoms with Crippen LogP contribution in [0.2, 0.25) is 0 Å². The lowest BCUT2D eigenvalue weighted by Crippen LogP contribution is -2.61. The Labute approximate surface area is 691 Å². The minimum absolute atomic E-state index is 0.00233. The van der Waals surface area contributed by atoms with Crippen LogP contribution in [0.4, 0.5) is 68.2 Å². The first kappa shape index (κ1) is 76.2. The predicted octanol–water partition coefficient (Wildman–Crippen LogP) is 26.4. The molecule has 0 radical (unpaired) electrons. The van der Waals surface area contributed by atoms with Gasteiger partial charge in [0, 0.05) is 75.9 Å². The summed E-state index contributed by atoms with van der Waals surface area (Å²) in [4.78, 5) is 14.0. The Hall–Kier alpha value is -9.07. The van der Waals surface area contributed by atoms with Gasteiger partial charge in [-0.3, -0.25) is 0 Å². The van der Waals surface area contributed by atoms with Gasteiger partial charge in [0.25, 0.3) is 13.4 Å². The Balaban J connectivity index is 0.865. The molecule has 8 heteroatoms. The Morgan fingerprint density at radius 3 is 1.16 bits per heavy atom. The summed E-state index contributed by atoms with van der Waals surface area (Å²) in [7, 11) is 0. The van der Waals surface area contributed by atoms with Crippen molar-refractivity contribution in [2.24, 2.45) is 0 Å². The summed E-state index contributed by atoms with van der Waals surface area (Å²) in [5.74, 6) is 0. The molecular formula is C106H116B2N4S2. The molecule has 0 unspecified atom stereocenters. The molecule has 0 saturated heterocycles. The van der Waals surface area contributed by atoms with Crippen molar-refractivity contribution in [3.8, 4) is 22.3 Å². The van der Waals surface area contributed by atoms with Gasteiger partial charge in [-0.1, -0.05) is 286 Å². The molecule has 0 saturated carbocycles. The number of fused-ring (bicyclic) bond motifs is 12. The van der Waals surface area contributed by atoms with E-state index in [1.165, 1.54) is 166 Å². The van der Waals surface area contributed by atoms with Crippen molar-refractivity contribution in [1.82, 2.24) is 0 Å². The molecule has 578 valence electrons. The van der Waals surface area contributed by atoms with Gasteiger partial charge in [-0.15, -0.1) is 0 Å². The monoisotopic (exact) mass is 1530 g/mol. The summed E-state index contributed by atoms with van der Waals surface area (Å²) in [6, 6.07) is 84.3. The number of rotatable bonds is 10. The molecule has 18 rings (SSSR count). The summed E-state index contributed by atoms with van der Waals surface area (Å²) in [6.07, 6.45) is 6.34. The van der Waals surface area contributed by atoms with E-state index in [1.807, 2.05) is 0 Å². The van der Waals surface area contributed by atoms with Crippen LogP contribution in [-0.2, 0) is 55.2 Å². The molecule has 0 spiro atoms. The van der Waals surface area contributed by atoms with Crippen LogP contribution in [0.3, 0.4) is 0 Å². The lowest BCUT2D eigenvalue weighted by molar-refractivity contribution is 0.339. The number of nitrogens with zero attached hydrogens (tertiary/aromatic N) is 4. The van der Waals surface area contributed by atoms with Crippen molar-refractivity contribution >= 4 is 136 Å². The first-order valence-electron chi connectivity index (χ1n) is 42.4. The van der Waals surface area contributed by atoms with Crippen molar-refractivity contribution in [1.29, 1.82) is 0 Å². The zero-order valence-electron chi connectivity index (χ0n) is 72.2. The van der Waals surface area contributed by atoms with Crippen LogP contribution in [0.15, 0.2) is 212 Å². The van der Waals surface area contributed by atoms with Crippen molar-refractivity contribution in [3.05, 3.63) is 272 Å². The first-order valence-corrected chi connectivity index (χ1v) is 44.1. The Morgan fingerprint density at radius 2 is 0.693 bits per heavy atom. The molecule has 0 amide bonds. The molecule has 2 aliphatic carbocycles. The van der Waals surface area contributed by atoms with E-state index in [0.717, 1.165) is 38.5 Å². The summed E-state index contributed by atoms with van der Waals surface area (Å²) in [6.45, 7) is 56.1. The molecule has 4 nitrogen and oxygen atoms in total. The number of anilines is 12. The van der Waals surface area contributed by atoms with Gasteiger partial charge < -0.3 is 19.6 Å². The summed E-state index contributed by atoms with van der Waals surface area (Å²) in [5.41, 5.74) is 37.7. The fourth-order valence-corrected chi connectivity index (χ4v) is 23.7. The van der Waals surface area contributed by atoms with E-state index >= 15 is 0 Å². The SMILES string of the molecule is Cc1cc2c3c(c1)N(c1ccc(C(C)(C)C)cc1)c1c(sc4c1C(C)(C)CCC4(C)C)B3c1cc(C(C)(C)CCc3cc4c5c(c3)N(c3ccc(C(C)(C)C)cc3)c3c(sc6c3C(C)(C)CCC6(C)C)B5c3cc(C(C)(C)C)ccc3N4c3ccccc3-c3ccccc3)ccc1N2c1ccc(C(C)(C)C)cc1-c1ccccc1. The second kappa shape index (κ2) is 26.2. The number of para-hydroxylation sites is 1. The predicted molar refractivity (Wildman–Crippen MR) is 499 cm³/mol. The van der Waals surface area contributed by atoms with Crippen molar-refractivity contribution in [2.75, 3.05) is 19.6 Å². The lowest BCUT2D eigenvalue weighted by Gasteiger charge is -2.46. The maximum absolute atomic E-state index is 2.79. The minimum atomic E-state index is -0.292. The van der Waals surface area contributed by atoms with Gasteiger partial charge >= 0.3 is 0 Å². The number of benzene rings is 10. The Kier molecular flexibility index (Phi) is 17.5. The molecule has 6 aliphatic rings. The third-order valence-electron chi connectivity index (χ3n) is 27.4. The van der Waals surface area contributed by atoms with Crippen molar-refractivity contribution in [2.45, 2.75) is 247 Å². The molecule has 0 fully saturated rings. The van der Waals surface area contributed by atoms with E-state index in [1.54, 1.807) is 15.3 Å². The van der Waals surface area contributed by atoms with E-state index in [2.05, 4.69) is 414 Å². The third-order valence-corrected chi connectivity index (χ3v) is 30.6. The fourth-order valence-electron chi connectivity index (χ4n) is 20.2. The molecule has 114 heavy (non-hydrogen) atoms. The van der Waals surface area contributed by atoms with Crippen LogP contribution in [0, 0.1) is 6.92 Å². The normalized spacial score (nSPS) is 16.8. The second-order valence-electron chi connectivity index (χ2n) is 42.1. The van der Waals surface area contributed by atoms with Crippen LogP contribution >= 0.6 is 22.7 Å². The van der Waals surface area contributed by atoms with Gasteiger partial charge in [0.15, 0.2) is 0 Å². The zero-order chi connectivity index (χ0) is 80.4. The average Bonchev–Trinajstić information content (AvgIpc) is 1.42. The zero-order valence-corrected chi connectivity index (χ0v) is 73.8. The Morgan fingerprint density at radius 1 is 0.333 bits per heavy atom. The molecule has 6 heterocycles. The molecule has 0 N–H and O–H groups in total. The highest BCUT2D eigenvalue weighted by atomic mass is 32.1. The van der Waals surface area contributed by atoms with Crippen LogP contribution in [0.1, 0.15) is 244 Å². The highest BCUT2D eigenvalue weighted by Gasteiger charge is 2.54. The maximum atomic E-state index is 2.79. The number of aryl methyl sites for hydroxylation is 2. The van der Waals surface area contributed by atoms with Crippen LogP contribution < -0.4 is 51.0 Å². The maximum Gasteiger partial charge on any atom is 0.264 e. The molecule has 0 bridgehead atoms. The summed E-state index contributed by atoms with van der Waals surface area (Å²) in [5, 5.41) is 0. The number of hydrogen-bond donors (Lipinski definition) is 0. The molecule has 10 aromatic carbocycles. The number of thiophene rings is 2. The van der Waals surface area contributed by atoms with Gasteiger partial charge in [-0.05, 0) is 256 Å². The molecule has 2 aromatic heterocycles. The lowest BCUT2D eigenvalue weighted by atomic mass is 9.35. The van der Waals surface area contributed by atoms with E-state index < -0.39 is 0 Å². The quantitative estimate of drug-likeness (QED) is 0.127. The molecule has 12 aromatic rings. The number of hydrogen-bond acceptors (Lipinski definition) is 6. The van der Waals surface area contributed by atoms with Gasteiger partial charge in [-0.25, -0.2) is 0 Å². The van der Waals surface area contributed by atoms with Crippen LogP contribution in [0.25, 0.3) is 22.3 Å². The standard InChI is InChI=1S/C106H116B2N4S2/c1-65-58-84-90-85(59-65)112(81-49-42-71(100(8,9)10)62-77(81)68-34-28-25-29-35-68)83-51-44-73(64-79(83)108(90)96-92(88-94(113-96)105(20,21)56-54-103(88,16)17)109(84)74-45-38-69(39-46-74)98(2,3)4)102(14,15)53-52-66-60-86-91-87(61-66)111(80-37-31-30-36-76(80)67-32-26-24-27-33-67)82-50-43-72(101(11,12)13)63-78(82)107(91)97-93(89-95(114-97)106(22,23)57-55-104(89,18)19)110(86)75-47-40-70(41-48-75)99(5,6)7/h24-51,58-64H,52-57H2,1-23H3. The summed E-state index contributed by atoms with van der Waals surface area (Å²) < 4.78 is 2.95. The average molecular weight is 1530 g/mol. The fraction of sp³-hybridized carbons (Fsp3) is 0.358. The van der Waals surface area contributed by atoms with Gasteiger partial charge in [0.1, 0.15) is 0 Å². The van der Waals surface area contributed by atoms with Gasteiger partial charge in [-0.2, -0.15) is 22.7 Å². The van der Waals surface area contributed by atoms with E-state index in [-0.39, 0.29) is 62.2 Å². The highest BCUT2D eigenvalue weighted by molar-refractivity contribution is 7.30. The van der Waals surface area contributed by atoms with Gasteiger partial charge in [0.05, 0.1) is 22.7 Å². The van der Waals surface area contributed by atoms with Crippen LogP contribution in [0.5, 0.6) is 0 Å². The van der Waals surface area contributed by atoms with Crippen molar-refractivity contribution < 1.29 is 0 Å². The largest absolute Gasteiger partial charge is 0.311 e. The van der Waals surface area contributed by atoms with E-state index in [4.69, 9.17) is 0 Å². The van der Waals surface area contributed by atoms with Crippen molar-refractivity contribution in [3.63, 3.8) is 0 Å². The Bertz CT molecular complexity index is 5860. The van der Waals surface area contributed by atoms with Gasteiger partial charge in [0.2, 0.25) is 0 Å². The molecule has 4 aliphatic heterocycles. The van der Waals surface area contributed by atoms with Crippen LogP contribution in [-0.4, -0.2) is 13.4 Å².